The number of tetrazole rings is 1. The summed E-state index contributed by atoms with van der Waals surface area (Å²) in [5.74, 6) is -1.10. The number of aryl methyl sites for hydroxylation is 1. The molecule has 0 aliphatic heterocycles. The van der Waals surface area contributed by atoms with Gasteiger partial charge < -0.3 is 5.32 Å². The van der Waals surface area contributed by atoms with Gasteiger partial charge in [-0.2, -0.15) is 4.68 Å². The molecule has 0 radical (unpaired) electrons. The van der Waals surface area contributed by atoms with Crippen LogP contribution >= 0.6 is 15.9 Å². The van der Waals surface area contributed by atoms with Gasteiger partial charge in [0.2, 0.25) is 0 Å². The summed E-state index contributed by atoms with van der Waals surface area (Å²) in [5, 5.41) is 14.8. The number of hydrogen-bond donors (Lipinski definition) is 1. The molecule has 0 aliphatic rings. The van der Waals surface area contributed by atoms with E-state index in [0.29, 0.717) is 27.8 Å². The summed E-state index contributed by atoms with van der Waals surface area (Å²) < 4.78 is 30.8. The van der Waals surface area contributed by atoms with Crippen molar-refractivity contribution in [1.29, 1.82) is 0 Å². The number of nitrogens with one attached hydrogen (secondary N) is 1. The molecule has 1 N–H and O–H groups in total. The molecule has 6 nitrogen and oxygen atoms in total. The predicted molar refractivity (Wildman–Crippen MR) is 103 cm³/mol. The summed E-state index contributed by atoms with van der Waals surface area (Å²) >= 11 is 3.39. The zero-order valence-electron chi connectivity index (χ0n) is 15.4. The lowest BCUT2D eigenvalue weighted by atomic mass is 10.1. The molecule has 3 rings (SSSR count). The number of pyridine rings is 1. The van der Waals surface area contributed by atoms with E-state index in [4.69, 9.17) is 0 Å². The Hall–Kier alpha value is -2.42. The van der Waals surface area contributed by atoms with Crippen LogP contribution in [0.5, 0.6) is 0 Å². The SMILES string of the molecule is CCc1ccc(-n2nnnc2-c2cc(Br)cnc2NC(C)(C)C)c(F)c1F. The number of hydrogen-bond acceptors (Lipinski definition) is 5. The normalized spacial score (nSPS) is 11.7. The van der Waals surface area contributed by atoms with Gasteiger partial charge in [0.05, 0.1) is 5.56 Å². The number of anilines is 1. The Morgan fingerprint density at radius 1 is 1.19 bits per heavy atom. The van der Waals surface area contributed by atoms with Crippen molar-refractivity contribution in [2.45, 2.75) is 39.7 Å². The number of nitrogens with zero attached hydrogens (tertiary/aromatic N) is 5. The highest BCUT2D eigenvalue weighted by atomic mass is 79.9. The molecule has 0 bridgehead atoms. The van der Waals surface area contributed by atoms with Gasteiger partial charge in [-0.15, -0.1) is 5.10 Å². The third-order valence-corrected chi connectivity index (χ3v) is 4.24. The quantitative estimate of drug-likeness (QED) is 0.649. The summed E-state index contributed by atoms with van der Waals surface area (Å²) in [6, 6.07) is 4.78. The van der Waals surface area contributed by atoms with Gasteiger partial charge in [-0.3, -0.25) is 0 Å². The molecule has 2 aromatic heterocycles. The van der Waals surface area contributed by atoms with Gasteiger partial charge in [-0.1, -0.05) is 13.0 Å². The van der Waals surface area contributed by atoms with Crippen molar-refractivity contribution in [2.24, 2.45) is 0 Å². The number of rotatable bonds is 4. The molecule has 0 aliphatic carbocycles. The molecular weight excluding hydrogens is 418 g/mol. The first kappa shape index (κ1) is 19.3. The summed E-state index contributed by atoms with van der Waals surface area (Å²) in [6.45, 7) is 7.73. The van der Waals surface area contributed by atoms with Crippen LogP contribution in [-0.4, -0.2) is 30.7 Å². The van der Waals surface area contributed by atoms with Crippen molar-refractivity contribution in [3.8, 4) is 17.1 Å². The minimum absolute atomic E-state index is 0.0635. The maximum Gasteiger partial charge on any atom is 0.190 e. The van der Waals surface area contributed by atoms with E-state index in [9.17, 15) is 8.78 Å². The number of aromatic nitrogens is 5. The highest BCUT2D eigenvalue weighted by Crippen LogP contribution is 2.31. The molecule has 1 aromatic carbocycles. The molecule has 0 atom stereocenters. The topological polar surface area (TPSA) is 68.5 Å². The zero-order chi connectivity index (χ0) is 19.8. The number of halogens is 3. The fourth-order valence-corrected chi connectivity index (χ4v) is 2.93. The maximum absolute atomic E-state index is 14.6. The van der Waals surface area contributed by atoms with Crippen molar-refractivity contribution < 1.29 is 8.78 Å². The average Bonchev–Trinajstić information content (AvgIpc) is 3.07. The van der Waals surface area contributed by atoms with E-state index in [0.717, 1.165) is 0 Å². The van der Waals surface area contributed by atoms with Gasteiger partial charge >= 0.3 is 0 Å². The summed E-state index contributed by atoms with van der Waals surface area (Å²) in [7, 11) is 0. The van der Waals surface area contributed by atoms with Crippen LogP contribution in [-0.2, 0) is 6.42 Å². The van der Waals surface area contributed by atoms with Crippen LogP contribution in [0.25, 0.3) is 17.1 Å². The van der Waals surface area contributed by atoms with Gasteiger partial charge in [0.1, 0.15) is 11.5 Å². The van der Waals surface area contributed by atoms with Crippen LogP contribution in [0.4, 0.5) is 14.6 Å². The van der Waals surface area contributed by atoms with Crippen LogP contribution in [0.2, 0.25) is 0 Å². The fraction of sp³-hybridized carbons (Fsp3) is 0.333. The lowest BCUT2D eigenvalue weighted by Crippen LogP contribution is -2.27. The van der Waals surface area contributed by atoms with Gasteiger partial charge in [0.15, 0.2) is 17.5 Å². The molecule has 0 spiro atoms. The molecular formula is C18H19BrF2N6. The molecule has 0 fully saturated rings. The van der Waals surface area contributed by atoms with E-state index in [1.54, 1.807) is 19.2 Å². The Balaban J connectivity index is 2.17. The van der Waals surface area contributed by atoms with Gasteiger partial charge in [-0.25, -0.2) is 13.8 Å². The Bertz CT molecular complexity index is 980. The van der Waals surface area contributed by atoms with Crippen molar-refractivity contribution in [3.63, 3.8) is 0 Å². The van der Waals surface area contributed by atoms with Crippen LogP contribution in [0, 0.1) is 11.6 Å². The van der Waals surface area contributed by atoms with Gasteiger partial charge in [0, 0.05) is 16.2 Å². The molecule has 3 aromatic rings. The zero-order valence-corrected chi connectivity index (χ0v) is 17.0. The smallest absolute Gasteiger partial charge is 0.190 e. The molecule has 9 heteroatoms. The van der Waals surface area contributed by atoms with Crippen LogP contribution in [0.15, 0.2) is 28.9 Å². The highest BCUT2D eigenvalue weighted by molar-refractivity contribution is 9.10. The van der Waals surface area contributed by atoms with Crippen molar-refractivity contribution in [3.05, 3.63) is 46.1 Å². The van der Waals surface area contributed by atoms with Crippen LogP contribution < -0.4 is 5.32 Å². The molecule has 0 saturated heterocycles. The second-order valence-corrected chi connectivity index (χ2v) is 7.98. The van der Waals surface area contributed by atoms with Gasteiger partial charge in [-0.05, 0) is 71.2 Å². The molecule has 0 amide bonds. The van der Waals surface area contributed by atoms with Crippen LogP contribution in [0.3, 0.4) is 0 Å². The minimum Gasteiger partial charge on any atom is -0.365 e. The minimum atomic E-state index is -0.990. The predicted octanol–water partition coefficient (Wildman–Crippen LogP) is 4.54. The lowest BCUT2D eigenvalue weighted by Gasteiger charge is -2.23. The van der Waals surface area contributed by atoms with Gasteiger partial charge in [0.25, 0.3) is 0 Å². The largest absolute Gasteiger partial charge is 0.365 e. The average molecular weight is 437 g/mol. The Labute approximate surface area is 164 Å². The van der Waals surface area contributed by atoms with E-state index in [-0.39, 0.29) is 17.1 Å². The Morgan fingerprint density at radius 2 is 1.93 bits per heavy atom. The first-order valence-corrected chi connectivity index (χ1v) is 9.20. The lowest BCUT2D eigenvalue weighted by molar-refractivity contribution is 0.492. The molecule has 27 heavy (non-hydrogen) atoms. The maximum atomic E-state index is 14.6. The Kier molecular flexibility index (Phi) is 5.23. The first-order chi connectivity index (χ1) is 12.7. The van der Waals surface area contributed by atoms with E-state index >= 15 is 0 Å². The van der Waals surface area contributed by atoms with E-state index in [1.807, 2.05) is 20.8 Å². The van der Waals surface area contributed by atoms with Crippen molar-refractivity contribution in [1.82, 2.24) is 25.2 Å². The summed E-state index contributed by atoms with van der Waals surface area (Å²) in [5.41, 5.74) is 0.522. The second kappa shape index (κ2) is 7.30. The monoisotopic (exact) mass is 436 g/mol. The molecule has 0 saturated carbocycles. The molecule has 0 unspecified atom stereocenters. The Morgan fingerprint density at radius 3 is 2.59 bits per heavy atom. The third kappa shape index (κ3) is 3.97. The van der Waals surface area contributed by atoms with Crippen molar-refractivity contribution >= 4 is 21.7 Å². The number of benzene rings is 1. The van der Waals surface area contributed by atoms with Crippen molar-refractivity contribution in [2.75, 3.05) is 5.32 Å². The fourth-order valence-electron chi connectivity index (χ4n) is 2.60. The summed E-state index contributed by atoms with van der Waals surface area (Å²) in [6.07, 6.45) is 2.03. The first-order valence-electron chi connectivity index (χ1n) is 8.41. The highest BCUT2D eigenvalue weighted by Gasteiger charge is 2.22. The third-order valence-electron chi connectivity index (χ3n) is 3.81. The standard InChI is InChI=1S/C18H19BrF2N6/c1-5-10-6-7-13(15(21)14(10)20)27-17(24-25-26-27)12-8-11(19)9-22-16(12)23-18(2,3)4/h6-9H,5H2,1-4H3,(H,22,23). The van der Waals surface area contributed by atoms with E-state index in [1.165, 1.54) is 16.8 Å². The van der Waals surface area contributed by atoms with E-state index in [2.05, 4.69) is 41.8 Å². The molecule has 142 valence electrons. The van der Waals surface area contributed by atoms with Crippen LogP contribution in [0.1, 0.15) is 33.3 Å². The second-order valence-electron chi connectivity index (χ2n) is 7.06. The summed E-state index contributed by atoms with van der Waals surface area (Å²) in [4.78, 5) is 4.39. The molecule has 2 heterocycles. The van der Waals surface area contributed by atoms with E-state index < -0.39 is 11.6 Å².